The number of carbonyl (C=O) groups is 1. The smallest absolute Gasteiger partial charge is 0.233 e. The van der Waals surface area contributed by atoms with Gasteiger partial charge in [0.05, 0.1) is 10.4 Å². The predicted octanol–water partition coefficient (Wildman–Crippen LogP) is 2.28. The lowest BCUT2D eigenvalue weighted by molar-refractivity contribution is -0.129. The van der Waals surface area contributed by atoms with E-state index in [-0.39, 0.29) is 5.91 Å². The van der Waals surface area contributed by atoms with Gasteiger partial charge in [-0.15, -0.1) is 0 Å². The molecule has 0 aliphatic heterocycles. The summed E-state index contributed by atoms with van der Waals surface area (Å²) in [4.78, 5) is 12.8. The Labute approximate surface area is 109 Å². The molecule has 0 saturated heterocycles. The topological polar surface area (TPSA) is 55.1 Å². The first-order valence-electron chi connectivity index (χ1n) is 6.76. The second kappa shape index (κ2) is 5.34. The molecule has 0 radical (unpaired) electrons. The number of carbonyl (C=O) groups excluding carboxylic acids is 1. The van der Waals surface area contributed by atoms with Crippen LogP contribution in [-0.4, -0.2) is 16.9 Å². The van der Waals surface area contributed by atoms with E-state index >= 15 is 0 Å². The quantitative estimate of drug-likeness (QED) is 0.600. The van der Waals surface area contributed by atoms with Crippen molar-refractivity contribution in [3.8, 4) is 0 Å². The molecule has 0 aromatic heterocycles. The lowest BCUT2D eigenvalue weighted by Crippen LogP contribution is -2.52. The molecule has 0 aromatic rings. The Balaban J connectivity index is 2.07. The van der Waals surface area contributed by atoms with E-state index in [1.54, 1.807) is 0 Å². The van der Waals surface area contributed by atoms with Crippen LogP contribution in [0.4, 0.5) is 0 Å². The molecule has 2 aliphatic rings. The van der Waals surface area contributed by atoms with Gasteiger partial charge in [-0.05, 0) is 32.1 Å². The summed E-state index contributed by atoms with van der Waals surface area (Å²) in [6.45, 7) is 0. The summed E-state index contributed by atoms with van der Waals surface area (Å²) in [7, 11) is 0. The van der Waals surface area contributed by atoms with Crippen molar-refractivity contribution in [2.75, 3.05) is 0 Å². The lowest BCUT2D eigenvalue weighted by Gasteiger charge is -2.35. The largest absolute Gasteiger partial charge is 0.392 e. The van der Waals surface area contributed by atoms with Crippen LogP contribution in [0.5, 0.6) is 0 Å². The lowest BCUT2D eigenvalue weighted by atomic mass is 9.78. The number of nitrogens with one attached hydrogen (secondary N) is 1. The normalized spacial score (nSPS) is 24.5. The maximum atomic E-state index is 12.4. The zero-order valence-corrected chi connectivity index (χ0v) is 11.2. The zero-order chi connectivity index (χ0) is 12.3. The van der Waals surface area contributed by atoms with E-state index in [9.17, 15) is 4.79 Å². The molecule has 0 atom stereocenters. The Morgan fingerprint density at radius 3 is 2.12 bits per heavy atom. The third-order valence-corrected chi connectivity index (χ3v) is 4.69. The number of amides is 1. The summed E-state index contributed by atoms with van der Waals surface area (Å²) in [5, 5.41) is 3.13. The van der Waals surface area contributed by atoms with E-state index in [0.29, 0.717) is 11.0 Å². The van der Waals surface area contributed by atoms with Crippen LogP contribution < -0.4 is 11.1 Å². The SMILES string of the molecule is NC(=S)C1(C(=O)NC2CCC2)CCCCCC1. The van der Waals surface area contributed by atoms with Crippen molar-refractivity contribution in [1.29, 1.82) is 0 Å². The molecule has 96 valence electrons. The molecule has 2 aliphatic carbocycles. The molecular weight excluding hydrogens is 232 g/mol. The minimum Gasteiger partial charge on any atom is -0.392 e. The molecule has 2 fully saturated rings. The third-order valence-electron chi connectivity index (χ3n) is 4.30. The second-order valence-electron chi connectivity index (χ2n) is 5.46. The standard InChI is InChI=1S/C13H22N2OS/c14-11(17)13(8-3-1-2-4-9-13)12(16)15-10-6-5-7-10/h10H,1-9H2,(H2,14,17)(H,15,16). The first-order chi connectivity index (χ1) is 8.15. The maximum Gasteiger partial charge on any atom is 0.233 e. The average molecular weight is 254 g/mol. The van der Waals surface area contributed by atoms with Gasteiger partial charge < -0.3 is 11.1 Å². The Morgan fingerprint density at radius 1 is 1.12 bits per heavy atom. The fraction of sp³-hybridized carbons (Fsp3) is 0.846. The number of rotatable bonds is 3. The fourth-order valence-corrected chi connectivity index (χ4v) is 3.09. The summed E-state index contributed by atoms with van der Waals surface area (Å²) >= 11 is 5.19. The summed E-state index contributed by atoms with van der Waals surface area (Å²) < 4.78 is 0. The second-order valence-corrected chi connectivity index (χ2v) is 5.90. The Kier molecular flexibility index (Phi) is 4.02. The van der Waals surface area contributed by atoms with Crippen LogP contribution >= 0.6 is 12.2 Å². The summed E-state index contributed by atoms with van der Waals surface area (Å²) in [5.74, 6) is 0.0941. The number of hydrogen-bond donors (Lipinski definition) is 2. The molecule has 2 rings (SSSR count). The van der Waals surface area contributed by atoms with E-state index in [4.69, 9.17) is 18.0 Å². The van der Waals surface area contributed by atoms with Gasteiger partial charge in [-0.1, -0.05) is 37.9 Å². The molecule has 0 heterocycles. The monoisotopic (exact) mass is 254 g/mol. The van der Waals surface area contributed by atoms with Gasteiger partial charge in [0, 0.05) is 6.04 Å². The van der Waals surface area contributed by atoms with E-state index in [1.807, 2.05) is 0 Å². The van der Waals surface area contributed by atoms with Crippen LogP contribution in [0.1, 0.15) is 57.8 Å². The van der Waals surface area contributed by atoms with Gasteiger partial charge in [0.15, 0.2) is 0 Å². The first kappa shape index (κ1) is 12.8. The Bertz CT molecular complexity index is 305. The van der Waals surface area contributed by atoms with Gasteiger partial charge in [-0.25, -0.2) is 0 Å². The van der Waals surface area contributed by atoms with Crippen molar-refractivity contribution < 1.29 is 4.79 Å². The molecule has 0 spiro atoms. The fourth-order valence-electron chi connectivity index (χ4n) is 2.79. The molecular formula is C13H22N2OS. The van der Waals surface area contributed by atoms with Gasteiger partial charge in [0.1, 0.15) is 0 Å². The molecule has 17 heavy (non-hydrogen) atoms. The van der Waals surface area contributed by atoms with Gasteiger partial charge in [-0.2, -0.15) is 0 Å². The van der Waals surface area contributed by atoms with Crippen molar-refractivity contribution in [3.05, 3.63) is 0 Å². The van der Waals surface area contributed by atoms with Crippen LogP contribution in [0, 0.1) is 5.41 Å². The van der Waals surface area contributed by atoms with Crippen LogP contribution in [-0.2, 0) is 4.79 Å². The van der Waals surface area contributed by atoms with Gasteiger partial charge in [-0.3, -0.25) is 4.79 Å². The minimum atomic E-state index is -0.554. The molecule has 1 amide bonds. The van der Waals surface area contributed by atoms with E-state index in [1.165, 1.54) is 19.3 Å². The van der Waals surface area contributed by atoms with E-state index in [0.717, 1.165) is 38.5 Å². The molecule has 0 aromatic carbocycles. The van der Waals surface area contributed by atoms with Crippen LogP contribution in [0.2, 0.25) is 0 Å². The van der Waals surface area contributed by atoms with Crippen LogP contribution in [0.3, 0.4) is 0 Å². The number of thiocarbonyl (C=S) groups is 1. The van der Waals surface area contributed by atoms with Crippen LogP contribution in [0.25, 0.3) is 0 Å². The molecule has 0 bridgehead atoms. The average Bonchev–Trinajstić information content (AvgIpc) is 2.49. The van der Waals surface area contributed by atoms with Crippen molar-refractivity contribution >= 4 is 23.1 Å². The van der Waals surface area contributed by atoms with Crippen molar-refractivity contribution in [3.63, 3.8) is 0 Å². The summed E-state index contributed by atoms with van der Waals surface area (Å²) in [6, 6.07) is 0.372. The van der Waals surface area contributed by atoms with Crippen molar-refractivity contribution in [2.45, 2.75) is 63.8 Å². The van der Waals surface area contributed by atoms with Gasteiger partial charge in [0.25, 0.3) is 0 Å². The highest BCUT2D eigenvalue weighted by Crippen LogP contribution is 2.36. The predicted molar refractivity (Wildman–Crippen MR) is 72.7 cm³/mol. The number of nitrogens with two attached hydrogens (primary N) is 1. The third kappa shape index (κ3) is 2.62. The van der Waals surface area contributed by atoms with Gasteiger partial charge >= 0.3 is 0 Å². The minimum absolute atomic E-state index is 0.0941. The molecule has 0 unspecified atom stereocenters. The highest BCUT2D eigenvalue weighted by molar-refractivity contribution is 7.80. The van der Waals surface area contributed by atoms with Crippen molar-refractivity contribution in [2.24, 2.45) is 11.1 Å². The summed E-state index contributed by atoms with van der Waals surface area (Å²) in [6.07, 6.45) is 9.64. The number of hydrogen-bond acceptors (Lipinski definition) is 2. The van der Waals surface area contributed by atoms with Crippen molar-refractivity contribution in [1.82, 2.24) is 5.32 Å². The Hall–Kier alpha value is -0.640. The summed E-state index contributed by atoms with van der Waals surface area (Å²) in [5.41, 5.74) is 5.32. The molecule has 2 saturated carbocycles. The van der Waals surface area contributed by atoms with E-state index in [2.05, 4.69) is 5.32 Å². The molecule has 4 heteroatoms. The highest BCUT2D eigenvalue weighted by Gasteiger charge is 2.42. The first-order valence-corrected chi connectivity index (χ1v) is 7.17. The Morgan fingerprint density at radius 2 is 1.71 bits per heavy atom. The molecule has 3 nitrogen and oxygen atoms in total. The zero-order valence-electron chi connectivity index (χ0n) is 10.3. The highest BCUT2D eigenvalue weighted by atomic mass is 32.1. The van der Waals surface area contributed by atoms with E-state index < -0.39 is 5.41 Å². The molecule has 3 N–H and O–H groups in total. The van der Waals surface area contributed by atoms with Gasteiger partial charge in [0.2, 0.25) is 5.91 Å². The van der Waals surface area contributed by atoms with Crippen LogP contribution in [0.15, 0.2) is 0 Å². The maximum absolute atomic E-state index is 12.4.